The van der Waals surface area contributed by atoms with E-state index >= 15 is 0 Å². The third kappa shape index (κ3) is 4.29. The molecule has 2 heterocycles. The normalized spacial score (nSPS) is 44.6. The first kappa shape index (κ1) is 23.9. The maximum absolute atomic E-state index is 12.2. The summed E-state index contributed by atoms with van der Waals surface area (Å²) in [6, 6.07) is 0. The Balaban J connectivity index is 1.93. The lowest BCUT2D eigenvalue weighted by atomic mass is 9.80. The molecule has 0 bridgehead atoms. The quantitative estimate of drug-likeness (QED) is 0.280. The Morgan fingerprint density at radius 3 is 2.42 bits per heavy atom. The number of aliphatic hydroxyl groups excluding tert-OH is 5. The predicted molar refractivity (Wildman–Crippen MR) is 97.6 cm³/mol. The molecule has 1 saturated carbocycles. The molecule has 3 aliphatic rings. The van der Waals surface area contributed by atoms with Crippen molar-refractivity contribution < 1.29 is 58.8 Å². The smallest absolute Gasteiger partial charge is 0.337 e. The Bertz CT molecular complexity index is 723. The first-order valence-corrected chi connectivity index (χ1v) is 9.81. The second-order valence-corrected chi connectivity index (χ2v) is 8.13. The van der Waals surface area contributed by atoms with Crippen LogP contribution in [0, 0.1) is 11.8 Å². The molecular weight excluding hydrogens is 420 g/mol. The van der Waals surface area contributed by atoms with Crippen molar-refractivity contribution in [2.75, 3.05) is 13.7 Å². The lowest BCUT2D eigenvalue weighted by Gasteiger charge is -2.44. The van der Waals surface area contributed by atoms with Crippen LogP contribution in [-0.4, -0.2) is 99.9 Å². The molecule has 31 heavy (non-hydrogen) atoms. The minimum Gasteiger partial charge on any atom is -0.471 e. The van der Waals surface area contributed by atoms with Crippen molar-refractivity contribution in [1.29, 1.82) is 0 Å². The average molecular weight is 448 g/mol. The van der Waals surface area contributed by atoms with Gasteiger partial charge >= 0.3 is 11.9 Å². The molecule has 10 atom stereocenters. The molecule has 0 radical (unpaired) electrons. The Kier molecular flexibility index (Phi) is 6.91. The molecule has 1 unspecified atom stereocenters. The number of esters is 2. The van der Waals surface area contributed by atoms with Crippen molar-refractivity contribution in [2.24, 2.45) is 11.8 Å². The van der Waals surface area contributed by atoms with E-state index in [1.165, 1.54) is 14.0 Å². The zero-order valence-electron chi connectivity index (χ0n) is 17.3. The Morgan fingerprint density at radius 2 is 1.84 bits per heavy atom. The lowest BCUT2D eigenvalue weighted by molar-refractivity contribution is -0.346. The van der Waals surface area contributed by atoms with Gasteiger partial charge in [0.05, 0.1) is 37.6 Å². The zero-order valence-corrected chi connectivity index (χ0v) is 17.3. The van der Waals surface area contributed by atoms with Crippen LogP contribution in [0.4, 0.5) is 0 Å². The van der Waals surface area contributed by atoms with E-state index in [1.54, 1.807) is 6.92 Å². The fourth-order valence-electron chi connectivity index (χ4n) is 4.63. The molecule has 3 rings (SSSR count). The maximum Gasteiger partial charge on any atom is 0.337 e. The summed E-state index contributed by atoms with van der Waals surface area (Å²) in [4.78, 5) is 23.9. The summed E-state index contributed by atoms with van der Waals surface area (Å²) >= 11 is 0. The van der Waals surface area contributed by atoms with Crippen LogP contribution in [0.2, 0.25) is 0 Å². The monoisotopic (exact) mass is 448 g/mol. The van der Waals surface area contributed by atoms with Crippen LogP contribution in [-0.2, 0) is 33.3 Å². The molecule has 12 nitrogen and oxygen atoms in total. The van der Waals surface area contributed by atoms with E-state index in [9.17, 15) is 35.1 Å². The third-order valence-corrected chi connectivity index (χ3v) is 6.02. The van der Waals surface area contributed by atoms with E-state index < -0.39 is 79.1 Å². The van der Waals surface area contributed by atoms with Gasteiger partial charge in [0.1, 0.15) is 30.0 Å². The van der Waals surface area contributed by atoms with Gasteiger partial charge in [0.2, 0.25) is 6.29 Å². The largest absolute Gasteiger partial charge is 0.471 e. The van der Waals surface area contributed by atoms with Gasteiger partial charge in [-0.15, -0.1) is 0 Å². The summed E-state index contributed by atoms with van der Waals surface area (Å²) in [6.07, 6.45) is -9.07. The number of ether oxygens (including phenoxy) is 5. The average Bonchev–Trinajstić information content (AvgIpc) is 2.98. The fraction of sp³-hybridized carbons (Fsp3) is 0.789. The molecule has 5 N–H and O–H groups in total. The van der Waals surface area contributed by atoms with E-state index in [-0.39, 0.29) is 12.0 Å². The van der Waals surface area contributed by atoms with Gasteiger partial charge in [-0.25, -0.2) is 4.79 Å². The highest BCUT2D eigenvalue weighted by Gasteiger charge is 2.61. The van der Waals surface area contributed by atoms with Gasteiger partial charge in [0.25, 0.3) is 0 Å². The van der Waals surface area contributed by atoms with Crippen LogP contribution < -0.4 is 0 Å². The first-order chi connectivity index (χ1) is 14.5. The minimum atomic E-state index is -1.70. The van der Waals surface area contributed by atoms with Gasteiger partial charge in [-0.05, 0) is 6.92 Å². The van der Waals surface area contributed by atoms with Crippen LogP contribution in [0.1, 0.15) is 20.3 Å². The van der Waals surface area contributed by atoms with E-state index in [0.717, 1.165) is 6.26 Å². The van der Waals surface area contributed by atoms with Crippen LogP contribution in [0.3, 0.4) is 0 Å². The summed E-state index contributed by atoms with van der Waals surface area (Å²) < 4.78 is 26.8. The molecule has 2 fully saturated rings. The second kappa shape index (κ2) is 8.98. The van der Waals surface area contributed by atoms with Crippen LogP contribution in [0.25, 0.3) is 0 Å². The molecule has 1 aliphatic carbocycles. The number of fused-ring (bicyclic) bond motifs is 1. The molecule has 1 saturated heterocycles. The van der Waals surface area contributed by atoms with Crippen LogP contribution in [0.5, 0.6) is 0 Å². The highest BCUT2D eigenvalue weighted by molar-refractivity contribution is 5.89. The predicted octanol–water partition coefficient (Wildman–Crippen LogP) is -2.47. The molecule has 0 spiro atoms. The molecule has 176 valence electrons. The van der Waals surface area contributed by atoms with Gasteiger partial charge in [0.15, 0.2) is 6.29 Å². The van der Waals surface area contributed by atoms with E-state index in [1.807, 2.05) is 0 Å². The van der Waals surface area contributed by atoms with Crippen molar-refractivity contribution >= 4 is 11.9 Å². The summed E-state index contributed by atoms with van der Waals surface area (Å²) in [6.45, 7) is 2.09. The molecule has 0 aromatic rings. The van der Waals surface area contributed by atoms with E-state index in [4.69, 9.17) is 23.7 Å². The minimum absolute atomic E-state index is 0.0181. The van der Waals surface area contributed by atoms with Gasteiger partial charge in [-0.3, -0.25) is 4.79 Å². The van der Waals surface area contributed by atoms with E-state index in [0.29, 0.717) is 0 Å². The summed E-state index contributed by atoms with van der Waals surface area (Å²) in [7, 11) is 1.17. The number of hydrogen-bond acceptors (Lipinski definition) is 12. The Labute approximate surface area is 177 Å². The Hall–Kier alpha value is -1.80. The van der Waals surface area contributed by atoms with Crippen molar-refractivity contribution in [3.05, 3.63) is 11.8 Å². The molecule has 12 heteroatoms. The number of hydrogen-bond donors (Lipinski definition) is 5. The standard InChI is InChI=1S/C19H28O12/c1-7(21)31-19(2)4-9(22)11-8(16(26)27-3)6-28-17(12(11)19)30-18-15(25)14(24)13(23)10(5-20)29-18/h6,9-15,17-18,20,22-25H,4-5H2,1-3H3/t9-,10-,11+,12?,13-,14+,15-,17+,18+,19+/m1/s1. The van der Waals surface area contributed by atoms with Gasteiger partial charge in [0, 0.05) is 19.3 Å². The second-order valence-electron chi connectivity index (χ2n) is 8.13. The number of carbonyl (C=O) groups is 2. The number of carbonyl (C=O) groups excluding carboxylic acids is 2. The topological polar surface area (TPSA) is 181 Å². The molecule has 0 amide bonds. The van der Waals surface area contributed by atoms with Crippen molar-refractivity contribution in [3.8, 4) is 0 Å². The third-order valence-electron chi connectivity index (χ3n) is 6.02. The number of rotatable bonds is 5. The molecular formula is C19H28O12. The van der Waals surface area contributed by atoms with Crippen molar-refractivity contribution in [2.45, 2.75) is 69.0 Å². The fourth-order valence-corrected chi connectivity index (χ4v) is 4.63. The lowest BCUT2D eigenvalue weighted by Crippen LogP contribution is -2.61. The molecule has 0 aromatic carbocycles. The SMILES string of the molecule is COC(=O)C1=CO[C@@H](O[C@@H]2O[C@H](CO)[C@@H](O)[C@H](O)[C@H]2O)C2[C@@H]1[C@H](O)C[C@]2(C)OC(C)=O. The Morgan fingerprint density at radius 1 is 1.16 bits per heavy atom. The van der Waals surface area contributed by atoms with Crippen LogP contribution in [0.15, 0.2) is 11.8 Å². The van der Waals surface area contributed by atoms with Gasteiger partial charge in [-0.1, -0.05) is 0 Å². The summed E-state index contributed by atoms with van der Waals surface area (Å²) in [5.74, 6) is -3.18. The van der Waals surface area contributed by atoms with Gasteiger partial charge in [-0.2, -0.15) is 0 Å². The molecule has 0 aromatic heterocycles. The summed E-state index contributed by atoms with van der Waals surface area (Å²) in [5, 5.41) is 50.3. The van der Waals surface area contributed by atoms with Crippen molar-refractivity contribution in [3.63, 3.8) is 0 Å². The van der Waals surface area contributed by atoms with E-state index in [2.05, 4.69) is 0 Å². The highest BCUT2D eigenvalue weighted by Crippen LogP contribution is 2.51. The number of methoxy groups -OCH3 is 1. The number of aliphatic hydroxyl groups is 5. The molecule has 2 aliphatic heterocycles. The highest BCUT2D eigenvalue weighted by atomic mass is 16.8. The maximum atomic E-state index is 12.2. The van der Waals surface area contributed by atoms with Crippen molar-refractivity contribution in [1.82, 2.24) is 0 Å². The van der Waals surface area contributed by atoms with Gasteiger partial charge < -0.3 is 49.2 Å². The first-order valence-electron chi connectivity index (χ1n) is 9.81. The summed E-state index contributed by atoms with van der Waals surface area (Å²) in [5.41, 5.74) is -1.30. The van der Waals surface area contributed by atoms with Crippen LogP contribution >= 0.6 is 0 Å². The zero-order chi connectivity index (χ0) is 23.1.